The highest BCUT2D eigenvalue weighted by molar-refractivity contribution is 6.40. The van der Waals surface area contributed by atoms with E-state index in [0.29, 0.717) is 16.3 Å². The average molecular weight is 273 g/mol. The maximum absolute atomic E-state index is 11.2. The van der Waals surface area contributed by atoms with Gasteiger partial charge in [0, 0.05) is 17.3 Å². The molecule has 2 aromatic heterocycles. The van der Waals surface area contributed by atoms with Crippen molar-refractivity contribution in [1.29, 1.82) is 0 Å². The minimum Gasteiger partial charge on any atom is -0.326 e. The van der Waals surface area contributed by atoms with Gasteiger partial charge in [0.1, 0.15) is 5.65 Å². The third-order valence-electron chi connectivity index (χ3n) is 3.50. The Morgan fingerprint density at radius 1 is 1.37 bits per heavy atom. The van der Waals surface area contributed by atoms with Crippen LogP contribution in [0.4, 0.5) is 0 Å². The fourth-order valence-electron chi connectivity index (χ4n) is 2.59. The Labute approximate surface area is 115 Å². The van der Waals surface area contributed by atoms with Crippen molar-refractivity contribution in [1.82, 2.24) is 9.55 Å². The summed E-state index contributed by atoms with van der Waals surface area (Å²) >= 11 is 6.41. The number of aldehydes is 1. The molecule has 0 bridgehead atoms. The first kappa shape index (κ1) is 12.2. The van der Waals surface area contributed by atoms with Gasteiger partial charge in [-0.1, -0.05) is 29.8 Å². The molecule has 19 heavy (non-hydrogen) atoms. The zero-order valence-corrected chi connectivity index (χ0v) is 11.5. The Bertz CT molecular complexity index is 805. The number of hydrogen-bond donors (Lipinski definition) is 0. The van der Waals surface area contributed by atoms with Crippen LogP contribution >= 0.6 is 11.6 Å². The number of hydrogen-bond acceptors (Lipinski definition) is 2. The van der Waals surface area contributed by atoms with Crippen LogP contribution in [0.1, 0.15) is 23.0 Å². The van der Waals surface area contributed by atoms with E-state index in [0.717, 1.165) is 34.8 Å². The first-order valence-corrected chi connectivity index (χ1v) is 6.59. The van der Waals surface area contributed by atoms with Gasteiger partial charge in [-0.05, 0) is 19.9 Å². The predicted molar refractivity (Wildman–Crippen MR) is 78.0 cm³/mol. The van der Waals surface area contributed by atoms with E-state index in [-0.39, 0.29) is 0 Å². The second-order valence-electron chi connectivity index (χ2n) is 4.50. The molecule has 0 aliphatic carbocycles. The van der Waals surface area contributed by atoms with Gasteiger partial charge in [-0.2, -0.15) is 0 Å². The van der Waals surface area contributed by atoms with E-state index in [1.165, 1.54) is 0 Å². The van der Waals surface area contributed by atoms with Gasteiger partial charge in [0.2, 0.25) is 0 Å². The molecular formula is C15H13ClN2O. The van der Waals surface area contributed by atoms with Crippen LogP contribution in [0, 0.1) is 6.92 Å². The minimum absolute atomic E-state index is 0.480. The molecule has 2 heterocycles. The highest BCUT2D eigenvalue weighted by Gasteiger charge is 2.17. The molecule has 0 radical (unpaired) electrons. The van der Waals surface area contributed by atoms with Crippen LogP contribution in [0.5, 0.6) is 0 Å². The third-order valence-corrected chi connectivity index (χ3v) is 3.89. The number of fused-ring (bicyclic) bond motifs is 3. The van der Waals surface area contributed by atoms with Crippen molar-refractivity contribution < 1.29 is 4.79 Å². The van der Waals surface area contributed by atoms with E-state index >= 15 is 0 Å². The summed E-state index contributed by atoms with van der Waals surface area (Å²) in [5.74, 6) is 0. The molecule has 0 atom stereocenters. The smallest absolute Gasteiger partial charge is 0.153 e. The number of benzene rings is 1. The molecule has 3 rings (SSSR count). The zero-order chi connectivity index (χ0) is 13.6. The van der Waals surface area contributed by atoms with Gasteiger partial charge in [0.15, 0.2) is 6.29 Å². The molecule has 0 saturated heterocycles. The molecule has 96 valence electrons. The van der Waals surface area contributed by atoms with E-state index in [2.05, 4.69) is 16.5 Å². The number of nitrogens with zero attached hydrogens (tertiary/aromatic N) is 2. The highest BCUT2D eigenvalue weighted by Crippen LogP contribution is 2.35. The Morgan fingerprint density at radius 3 is 2.79 bits per heavy atom. The Kier molecular flexibility index (Phi) is 2.79. The fourth-order valence-corrected chi connectivity index (χ4v) is 2.96. The van der Waals surface area contributed by atoms with Gasteiger partial charge in [0.25, 0.3) is 0 Å². The number of halogens is 1. The Morgan fingerprint density at radius 2 is 2.11 bits per heavy atom. The number of rotatable bonds is 2. The van der Waals surface area contributed by atoms with E-state index < -0.39 is 0 Å². The van der Waals surface area contributed by atoms with Crippen LogP contribution in [0.25, 0.3) is 21.9 Å². The largest absolute Gasteiger partial charge is 0.326 e. The van der Waals surface area contributed by atoms with Crippen molar-refractivity contribution >= 4 is 39.8 Å². The van der Waals surface area contributed by atoms with Crippen LogP contribution in [0.3, 0.4) is 0 Å². The topological polar surface area (TPSA) is 34.9 Å². The number of carbonyl (C=O) groups excluding carboxylic acids is 1. The first-order chi connectivity index (χ1) is 9.19. The van der Waals surface area contributed by atoms with Crippen molar-refractivity contribution in [3.8, 4) is 0 Å². The summed E-state index contributed by atoms with van der Waals surface area (Å²) in [6.45, 7) is 4.70. The SMILES string of the molecule is CCn1c2ccccc2c2c(Cl)c(C=O)c(C)nc21. The Balaban J connectivity index is 2.63. The number of aromatic nitrogens is 2. The standard InChI is InChI=1S/C15H13ClN2O/c1-3-18-12-7-5-4-6-10(12)13-14(16)11(8-19)9(2)17-15(13)18/h4-8H,3H2,1-2H3. The van der Waals surface area contributed by atoms with E-state index in [1.54, 1.807) is 0 Å². The molecule has 4 heteroatoms. The summed E-state index contributed by atoms with van der Waals surface area (Å²) < 4.78 is 2.12. The van der Waals surface area contributed by atoms with E-state index in [9.17, 15) is 4.79 Å². The van der Waals surface area contributed by atoms with E-state index in [4.69, 9.17) is 11.6 Å². The summed E-state index contributed by atoms with van der Waals surface area (Å²) in [4.78, 5) is 15.7. The average Bonchev–Trinajstić information content (AvgIpc) is 2.72. The lowest BCUT2D eigenvalue weighted by Crippen LogP contribution is -1.99. The van der Waals surface area contributed by atoms with Crippen molar-refractivity contribution in [3.63, 3.8) is 0 Å². The molecule has 0 saturated carbocycles. The van der Waals surface area contributed by atoms with Crippen LogP contribution < -0.4 is 0 Å². The molecule has 0 N–H and O–H groups in total. The highest BCUT2D eigenvalue weighted by atomic mass is 35.5. The second kappa shape index (κ2) is 4.35. The molecule has 3 nitrogen and oxygen atoms in total. The molecule has 0 fully saturated rings. The number of carbonyl (C=O) groups is 1. The third kappa shape index (κ3) is 1.58. The molecule has 0 aliphatic heterocycles. The zero-order valence-electron chi connectivity index (χ0n) is 10.8. The van der Waals surface area contributed by atoms with Crippen molar-refractivity contribution in [2.24, 2.45) is 0 Å². The number of pyridine rings is 1. The molecule has 0 spiro atoms. The van der Waals surface area contributed by atoms with Gasteiger partial charge >= 0.3 is 0 Å². The first-order valence-electron chi connectivity index (χ1n) is 6.21. The van der Waals surface area contributed by atoms with Gasteiger partial charge in [-0.15, -0.1) is 0 Å². The van der Waals surface area contributed by atoms with Crippen molar-refractivity contribution in [2.75, 3.05) is 0 Å². The molecule has 0 amide bonds. The molecule has 3 aromatic rings. The van der Waals surface area contributed by atoms with Crippen LogP contribution in [0.15, 0.2) is 24.3 Å². The molecule has 0 unspecified atom stereocenters. The molecule has 0 aliphatic rings. The normalized spacial score (nSPS) is 11.3. The van der Waals surface area contributed by atoms with Crippen LogP contribution in [-0.2, 0) is 6.54 Å². The van der Waals surface area contributed by atoms with Crippen molar-refractivity contribution in [3.05, 3.63) is 40.5 Å². The maximum Gasteiger partial charge on any atom is 0.153 e. The second-order valence-corrected chi connectivity index (χ2v) is 4.88. The van der Waals surface area contributed by atoms with Crippen LogP contribution in [0.2, 0.25) is 5.02 Å². The van der Waals surface area contributed by atoms with Gasteiger partial charge in [-0.25, -0.2) is 4.98 Å². The number of aryl methyl sites for hydroxylation is 2. The number of para-hydroxylation sites is 1. The lowest BCUT2D eigenvalue weighted by molar-refractivity contribution is 0.112. The van der Waals surface area contributed by atoms with Crippen molar-refractivity contribution in [2.45, 2.75) is 20.4 Å². The van der Waals surface area contributed by atoms with Gasteiger partial charge in [-0.3, -0.25) is 4.79 Å². The van der Waals surface area contributed by atoms with Gasteiger partial charge < -0.3 is 4.57 Å². The molecular weight excluding hydrogens is 260 g/mol. The summed E-state index contributed by atoms with van der Waals surface area (Å²) in [5, 5.41) is 2.41. The summed E-state index contributed by atoms with van der Waals surface area (Å²) in [7, 11) is 0. The monoisotopic (exact) mass is 272 g/mol. The fraction of sp³-hybridized carbons (Fsp3) is 0.200. The van der Waals surface area contributed by atoms with E-state index in [1.807, 2.05) is 31.2 Å². The summed E-state index contributed by atoms with van der Waals surface area (Å²) in [6.07, 6.45) is 0.780. The predicted octanol–water partition coefficient (Wildman–Crippen LogP) is 3.98. The Hall–Kier alpha value is -1.87. The maximum atomic E-state index is 11.2. The molecule has 1 aromatic carbocycles. The lowest BCUT2D eigenvalue weighted by atomic mass is 10.1. The lowest BCUT2D eigenvalue weighted by Gasteiger charge is -2.05. The summed E-state index contributed by atoms with van der Waals surface area (Å²) in [5.41, 5.74) is 3.09. The van der Waals surface area contributed by atoms with Crippen LogP contribution in [-0.4, -0.2) is 15.8 Å². The van der Waals surface area contributed by atoms with Gasteiger partial charge in [0.05, 0.1) is 21.8 Å². The summed E-state index contributed by atoms with van der Waals surface area (Å²) in [6, 6.07) is 8.03. The quantitative estimate of drug-likeness (QED) is 0.661. The minimum atomic E-state index is 0.480.